The molecule has 6 heteroatoms. The maximum Gasteiger partial charge on any atom is 0.204 e. The molecule has 0 saturated carbocycles. The first kappa shape index (κ1) is 20.2. The van der Waals surface area contributed by atoms with Crippen LogP contribution in [0.5, 0.6) is 0 Å². The molecule has 0 aromatic heterocycles. The smallest absolute Gasteiger partial charge is 0.204 e. The zero-order valence-corrected chi connectivity index (χ0v) is 17.5. The second-order valence-corrected chi connectivity index (χ2v) is 7.23. The van der Waals surface area contributed by atoms with Gasteiger partial charge in [-0.3, -0.25) is 4.79 Å². The molecule has 150 valence electrons. The molecule has 3 rings (SSSR count). The Labute approximate surface area is 171 Å². The van der Waals surface area contributed by atoms with E-state index in [9.17, 15) is 4.79 Å². The van der Waals surface area contributed by atoms with Gasteiger partial charge in [0.1, 0.15) is 0 Å². The zero-order chi connectivity index (χ0) is 21.3. The van der Waals surface area contributed by atoms with Crippen molar-refractivity contribution in [2.24, 2.45) is 4.99 Å². The number of nitrogens with zero attached hydrogens (tertiary/aromatic N) is 1. The lowest BCUT2D eigenvalue weighted by Crippen LogP contribution is -2.24. The fraction of sp³-hybridized carbons (Fsp3) is 0.217. The van der Waals surface area contributed by atoms with Gasteiger partial charge >= 0.3 is 0 Å². The predicted molar refractivity (Wildman–Crippen MR) is 122 cm³/mol. The molecular formula is C23H27N5O. The van der Waals surface area contributed by atoms with Crippen molar-refractivity contribution >= 4 is 34.2 Å². The molecule has 29 heavy (non-hydrogen) atoms. The van der Waals surface area contributed by atoms with Crippen LogP contribution in [-0.4, -0.2) is 18.5 Å². The van der Waals surface area contributed by atoms with Gasteiger partial charge in [0, 0.05) is 30.2 Å². The Bertz CT molecular complexity index is 1090. The summed E-state index contributed by atoms with van der Waals surface area (Å²) in [5, 5.41) is 6.30. The molecule has 6 N–H and O–H groups in total. The largest absolute Gasteiger partial charge is 0.399 e. The van der Waals surface area contributed by atoms with E-state index in [-0.39, 0.29) is 5.78 Å². The van der Waals surface area contributed by atoms with E-state index in [0.717, 1.165) is 45.0 Å². The molecule has 0 saturated heterocycles. The van der Waals surface area contributed by atoms with Crippen LogP contribution >= 0.6 is 0 Å². The molecule has 0 unspecified atom stereocenters. The number of hydrogen-bond donors (Lipinski definition) is 4. The van der Waals surface area contributed by atoms with E-state index in [1.165, 1.54) is 0 Å². The average molecular weight is 390 g/mol. The first-order chi connectivity index (χ1) is 13.7. The quantitative estimate of drug-likeness (QED) is 0.470. The van der Waals surface area contributed by atoms with Gasteiger partial charge in [-0.05, 0) is 80.3 Å². The van der Waals surface area contributed by atoms with Crippen molar-refractivity contribution < 1.29 is 4.79 Å². The average Bonchev–Trinajstić information content (AvgIpc) is 2.70. The number of carbonyl (C=O) groups is 1. The summed E-state index contributed by atoms with van der Waals surface area (Å²) in [4.78, 5) is 17.4. The number of anilines is 3. The Kier molecular flexibility index (Phi) is 5.46. The molecule has 6 nitrogen and oxygen atoms in total. The number of allylic oxidation sites excluding steroid dienone is 2. The molecule has 0 amide bonds. The van der Waals surface area contributed by atoms with Gasteiger partial charge in [-0.2, -0.15) is 0 Å². The van der Waals surface area contributed by atoms with Gasteiger partial charge < -0.3 is 22.1 Å². The van der Waals surface area contributed by atoms with Crippen molar-refractivity contribution in [2.75, 3.05) is 23.8 Å². The number of ketones is 1. The first-order valence-corrected chi connectivity index (χ1v) is 9.45. The topological polar surface area (TPSA) is 106 Å². The Morgan fingerprint density at radius 2 is 1.41 bits per heavy atom. The van der Waals surface area contributed by atoms with Crippen molar-refractivity contribution in [3.05, 3.63) is 70.1 Å². The van der Waals surface area contributed by atoms with E-state index >= 15 is 0 Å². The molecule has 1 aliphatic carbocycles. The zero-order valence-electron chi connectivity index (χ0n) is 17.5. The van der Waals surface area contributed by atoms with Crippen LogP contribution in [0.1, 0.15) is 22.3 Å². The van der Waals surface area contributed by atoms with Crippen LogP contribution in [0.3, 0.4) is 0 Å². The highest BCUT2D eigenvalue weighted by Crippen LogP contribution is 2.29. The van der Waals surface area contributed by atoms with E-state index in [0.29, 0.717) is 17.1 Å². The molecule has 1 aliphatic rings. The summed E-state index contributed by atoms with van der Waals surface area (Å²) in [6.07, 6.45) is 3.32. The van der Waals surface area contributed by atoms with Crippen molar-refractivity contribution in [1.82, 2.24) is 5.32 Å². The second kappa shape index (κ2) is 7.83. The summed E-state index contributed by atoms with van der Waals surface area (Å²) < 4.78 is 0. The third-order valence-corrected chi connectivity index (χ3v) is 5.51. The number of carbonyl (C=O) groups excluding carboxylic acids is 1. The lowest BCUT2D eigenvalue weighted by molar-refractivity contribution is -0.111. The summed E-state index contributed by atoms with van der Waals surface area (Å²) in [5.41, 5.74) is 20.9. The van der Waals surface area contributed by atoms with Gasteiger partial charge in [0.25, 0.3) is 0 Å². The van der Waals surface area contributed by atoms with Crippen LogP contribution in [0, 0.1) is 27.7 Å². The molecule has 0 bridgehead atoms. The molecule has 0 aliphatic heterocycles. The maximum absolute atomic E-state index is 12.7. The number of nitrogens with two attached hydrogens (primary N) is 2. The summed E-state index contributed by atoms with van der Waals surface area (Å²) in [6, 6.07) is 7.46. The second-order valence-electron chi connectivity index (χ2n) is 7.23. The number of hydrogen-bond acceptors (Lipinski definition) is 6. The molecular weight excluding hydrogens is 362 g/mol. The van der Waals surface area contributed by atoms with Crippen LogP contribution < -0.4 is 22.1 Å². The summed E-state index contributed by atoms with van der Waals surface area (Å²) >= 11 is 0. The highest BCUT2D eigenvalue weighted by molar-refractivity contribution is 6.23. The summed E-state index contributed by atoms with van der Waals surface area (Å²) in [5.74, 6) is -0.118. The van der Waals surface area contributed by atoms with Crippen LogP contribution in [0.15, 0.2) is 52.8 Å². The van der Waals surface area contributed by atoms with E-state index < -0.39 is 0 Å². The standard InChI is InChI=1S/C23H27N5O/c1-12-14(3)18(8-6-16(12)24)27-21-10-22(23(29)11-20(21)26-5)28-19-9-7-17(25)13(2)15(19)4/h6-11,26,28H,24-25H2,1-5H3/b27-21-. The normalized spacial score (nSPS) is 15.2. The minimum atomic E-state index is -0.118. The van der Waals surface area contributed by atoms with Crippen LogP contribution in [0.4, 0.5) is 22.7 Å². The number of aliphatic imine (C=N–C) groups is 1. The van der Waals surface area contributed by atoms with Crippen molar-refractivity contribution in [3.8, 4) is 0 Å². The van der Waals surface area contributed by atoms with Crippen LogP contribution in [0.2, 0.25) is 0 Å². The predicted octanol–water partition coefficient (Wildman–Crippen LogP) is 3.84. The number of rotatable bonds is 4. The van der Waals surface area contributed by atoms with Crippen LogP contribution in [-0.2, 0) is 4.79 Å². The summed E-state index contributed by atoms with van der Waals surface area (Å²) in [6.45, 7) is 7.91. The molecule has 0 heterocycles. The number of nitrogen functional groups attached to an aromatic ring is 2. The van der Waals surface area contributed by atoms with Gasteiger partial charge in [-0.1, -0.05) is 0 Å². The lowest BCUT2D eigenvalue weighted by atomic mass is 10.0. The Balaban J connectivity index is 2.04. The molecule has 0 radical (unpaired) electrons. The third-order valence-electron chi connectivity index (χ3n) is 5.51. The van der Waals surface area contributed by atoms with Crippen molar-refractivity contribution in [3.63, 3.8) is 0 Å². The van der Waals surface area contributed by atoms with Gasteiger partial charge in [0.05, 0.1) is 22.8 Å². The van der Waals surface area contributed by atoms with E-state index in [2.05, 4.69) is 10.6 Å². The highest BCUT2D eigenvalue weighted by atomic mass is 16.1. The summed E-state index contributed by atoms with van der Waals surface area (Å²) in [7, 11) is 1.77. The first-order valence-electron chi connectivity index (χ1n) is 9.45. The number of benzene rings is 2. The molecule has 0 fully saturated rings. The molecule has 0 spiro atoms. The van der Waals surface area contributed by atoms with Gasteiger partial charge in [-0.15, -0.1) is 0 Å². The Morgan fingerprint density at radius 1 is 0.793 bits per heavy atom. The fourth-order valence-corrected chi connectivity index (χ4v) is 3.16. The third kappa shape index (κ3) is 3.87. The monoisotopic (exact) mass is 389 g/mol. The van der Waals surface area contributed by atoms with Gasteiger partial charge in [0.15, 0.2) is 0 Å². The SMILES string of the molecule is CNC1=CC(=O)C(Nc2ccc(N)c(C)c2C)=C/C1=N/c1ccc(N)c(C)c1C. The van der Waals surface area contributed by atoms with Crippen molar-refractivity contribution in [1.29, 1.82) is 0 Å². The van der Waals surface area contributed by atoms with Gasteiger partial charge in [0.2, 0.25) is 5.78 Å². The van der Waals surface area contributed by atoms with Crippen molar-refractivity contribution in [2.45, 2.75) is 27.7 Å². The fourth-order valence-electron chi connectivity index (χ4n) is 3.16. The lowest BCUT2D eigenvalue weighted by Gasteiger charge is -2.19. The highest BCUT2D eigenvalue weighted by Gasteiger charge is 2.20. The maximum atomic E-state index is 12.7. The number of nitrogens with one attached hydrogen (secondary N) is 2. The van der Waals surface area contributed by atoms with E-state index in [1.54, 1.807) is 19.2 Å². The van der Waals surface area contributed by atoms with E-state index in [4.69, 9.17) is 16.5 Å². The minimum absolute atomic E-state index is 0.118. The molecule has 2 aromatic rings. The molecule has 0 atom stereocenters. The Morgan fingerprint density at radius 3 is 2.07 bits per heavy atom. The van der Waals surface area contributed by atoms with E-state index in [1.807, 2.05) is 52.0 Å². The van der Waals surface area contributed by atoms with Gasteiger partial charge in [-0.25, -0.2) is 4.99 Å². The molecule has 2 aromatic carbocycles. The minimum Gasteiger partial charge on any atom is -0.399 e. The Hall–Kier alpha value is -3.54. The van der Waals surface area contributed by atoms with Crippen LogP contribution in [0.25, 0.3) is 0 Å².